The molecule has 5 heteroatoms. The second-order valence-electron chi connectivity index (χ2n) is 7.48. The van der Waals surface area contributed by atoms with Crippen molar-refractivity contribution < 1.29 is 5.11 Å². The summed E-state index contributed by atoms with van der Waals surface area (Å²) in [6.07, 6.45) is 1.97. The van der Waals surface area contributed by atoms with Crippen molar-refractivity contribution >= 4 is 0 Å². The zero-order chi connectivity index (χ0) is 16.6. The van der Waals surface area contributed by atoms with Crippen molar-refractivity contribution in [1.29, 1.82) is 0 Å². The fourth-order valence-electron chi connectivity index (χ4n) is 3.20. The van der Waals surface area contributed by atoms with E-state index in [-0.39, 0.29) is 17.5 Å². The van der Waals surface area contributed by atoms with Crippen LogP contribution in [0.1, 0.15) is 51.8 Å². The van der Waals surface area contributed by atoms with E-state index in [2.05, 4.69) is 20.8 Å². The third-order valence-corrected chi connectivity index (χ3v) is 4.53. The van der Waals surface area contributed by atoms with Crippen LogP contribution < -0.4 is 5.73 Å². The fourth-order valence-corrected chi connectivity index (χ4v) is 3.20. The zero-order valence-corrected chi connectivity index (χ0v) is 14.1. The summed E-state index contributed by atoms with van der Waals surface area (Å²) in [7, 11) is 0. The summed E-state index contributed by atoms with van der Waals surface area (Å²) >= 11 is 0. The summed E-state index contributed by atoms with van der Waals surface area (Å²) in [6.45, 7) is 6.39. The van der Waals surface area contributed by atoms with Crippen LogP contribution in [0.5, 0.6) is 0 Å². The molecule has 0 amide bonds. The molecule has 1 aromatic carbocycles. The molecule has 1 aliphatic rings. The van der Waals surface area contributed by atoms with Crippen molar-refractivity contribution in [3.8, 4) is 11.4 Å². The van der Waals surface area contributed by atoms with Crippen LogP contribution in [0, 0.1) is 0 Å². The van der Waals surface area contributed by atoms with Gasteiger partial charge < -0.3 is 10.8 Å². The lowest BCUT2D eigenvalue weighted by Gasteiger charge is -2.32. The lowest BCUT2D eigenvalue weighted by molar-refractivity contribution is 0.0943. The van der Waals surface area contributed by atoms with E-state index >= 15 is 0 Å². The second kappa shape index (κ2) is 6.06. The monoisotopic (exact) mass is 314 g/mol. The van der Waals surface area contributed by atoms with Crippen LogP contribution in [-0.2, 0) is 5.54 Å². The van der Waals surface area contributed by atoms with Gasteiger partial charge >= 0.3 is 0 Å². The highest BCUT2D eigenvalue weighted by Gasteiger charge is 2.33. The number of benzene rings is 1. The molecule has 23 heavy (non-hydrogen) atoms. The number of hydrogen-bond acceptors (Lipinski definition) is 4. The number of rotatable bonds is 2. The van der Waals surface area contributed by atoms with E-state index in [1.54, 1.807) is 0 Å². The van der Waals surface area contributed by atoms with Gasteiger partial charge in [-0.15, -0.1) is 0 Å². The lowest BCUT2D eigenvalue weighted by Crippen LogP contribution is -2.40. The predicted molar refractivity (Wildman–Crippen MR) is 91.0 cm³/mol. The number of aliphatic hydroxyl groups is 1. The van der Waals surface area contributed by atoms with Gasteiger partial charge in [0.25, 0.3) is 0 Å². The maximum Gasteiger partial charge on any atom is 0.181 e. The lowest BCUT2D eigenvalue weighted by atomic mass is 9.83. The van der Waals surface area contributed by atoms with Crippen molar-refractivity contribution in [2.24, 2.45) is 5.73 Å². The number of hydrogen-bond donors (Lipinski definition) is 2. The first kappa shape index (κ1) is 16.1. The van der Waals surface area contributed by atoms with Crippen molar-refractivity contribution in [3.05, 3.63) is 36.2 Å². The summed E-state index contributed by atoms with van der Waals surface area (Å²) in [5, 5.41) is 14.9. The summed E-state index contributed by atoms with van der Waals surface area (Å²) in [5.74, 6) is 1.91. The van der Waals surface area contributed by atoms with Gasteiger partial charge in [-0.3, -0.25) is 0 Å². The molecule has 0 unspecified atom stereocenters. The third kappa shape index (κ3) is 3.31. The van der Waals surface area contributed by atoms with E-state index in [0.717, 1.165) is 30.1 Å². The second-order valence-corrected chi connectivity index (χ2v) is 7.48. The highest BCUT2D eigenvalue weighted by molar-refractivity contribution is 5.54. The topological polar surface area (TPSA) is 77.0 Å². The molecule has 0 radical (unpaired) electrons. The van der Waals surface area contributed by atoms with Crippen molar-refractivity contribution in [2.75, 3.05) is 0 Å². The molecule has 1 saturated carbocycles. The van der Waals surface area contributed by atoms with Crippen molar-refractivity contribution in [1.82, 2.24) is 14.8 Å². The van der Waals surface area contributed by atoms with E-state index in [4.69, 9.17) is 15.8 Å². The Bertz CT molecular complexity index is 659. The Balaban J connectivity index is 2.00. The fraction of sp³-hybridized carbons (Fsp3) is 0.556. The summed E-state index contributed by atoms with van der Waals surface area (Å²) in [5.41, 5.74) is 6.81. The minimum Gasteiger partial charge on any atom is -0.391 e. The number of aromatic nitrogens is 3. The quantitative estimate of drug-likeness (QED) is 0.893. The molecule has 124 valence electrons. The highest BCUT2D eigenvalue weighted by atomic mass is 16.3. The molecule has 3 atom stereocenters. The summed E-state index contributed by atoms with van der Waals surface area (Å²) in [6, 6.07) is 9.91. The van der Waals surface area contributed by atoms with Gasteiger partial charge in [0.2, 0.25) is 0 Å². The summed E-state index contributed by atoms with van der Waals surface area (Å²) < 4.78 is 2.02. The maximum atomic E-state index is 10.1. The zero-order valence-electron chi connectivity index (χ0n) is 14.1. The van der Waals surface area contributed by atoms with E-state index in [1.807, 2.05) is 35.0 Å². The Hall–Kier alpha value is -1.72. The maximum absolute atomic E-state index is 10.1. The first-order valence-corrected chi connectivity index (χ1v) is 8.33. The molecular formula is C18H26N4O. The molecule has 0 spiro atoms. The molecule has 3 N–H and O–H groups in total. The van der Waals surface area contributed by atoms with Crippen LogP contribution in [0.15, 0.2) is 30.3 Å². The minimum absolute atomic E-state index is 0.120. The van der Waals surface area contributed by atoms with Crippen molar-refractivity contribution in [3.63, 3.8) is 0 Å². The molecular weight excluding hydrogens is 288 g/mol. The number of nitrogens with two attached hydrogens (primary N) is 1. The molecule has 1 heterocycles. The number of nitrogens with zero attached hydrogens (tertiary/aromatic N) is 3. The largest absolute Gasteiger partial charge is 0.391 e. The van der Waals surface area contributed by atoms with E-state index in [1.165, 1.54) is 0 Å². The van der Waals surface area contributed by atoms with Crippen LogP contribution in [0.3, 0.4) is 0 Å². The van der Waals surface area contributed by atoms with Crippen LogP contribution in [0.4, 0.5) is 0 Å². The first-order chi connectivity index (χ1) is 10.9. The Morgan fingerprint density at radius 3 is 2.48 bits per heavy atom. The van der Waals surface area contributed by atoms with Gasteiger partial charge in [-0.2, -0.15) is 5.10 Å². The standard InChI is InChI=1S/C18H26N4O/c1-18(2,3)22-17(13-9-10-14(19)15(23)11-13)20-16(21-22)12-7-5-4-6-8-12/h4-8,13-15,23H,9-11,19H2,1-3H3/t13-,14+,15+/m0/s1. The molecule has 1 aliphatic carbocycles. The molecule has 5 nitrogen and oxygen atoms in total. The molecule has 2 aromatic rings. The minimum atomic E-state index is -0.459. The third-order valence-electron chi connectivity index (χ3n) is 4.53. The molecule has 0 aliphatic heterocycles. The van der Waals surface area contributed by atoms with Gasteiger partial charge in [0.15, 0.2) is 5.82 Å². The Labute approximate surface area is 137 Å². The average Bonchev–Trinajstić information content (AvgIpc) is 2.96. The molecule has 1 aromatic heterocycles. The number of aliphatic hydroxyl groups excluding tert-OH is 1. The van der Waals surface area contributed by atoms with Gasteiger partial charge in [-0.25, -0.2) is 9.67 Å². The van der Waals surface area contributed by atoms with Crippen molar-refractivity contribution in [2.45, 2.75) is 63.6 Å². The van der Waals surface area contributed by atoms with Crippen LogP contribution in [0.25, 0.3) is 11.4 Å². The molecule has 0 saturated heterocycles. The Kier molecular flexibility index (Phi) is 4.25. The van der Waals surface area contributed by atoms with Crippen LogP contribution in [-0.4, -0.2) is 32.0 Å². The smallest absolute Gasteiger partial charge is 0.181 e. The molecule has 3 rings (SSSR count). The molecule has 0 bridgehead atoms. The van der Waals surface area contributed by atoms with Gasteiger partial charge in [0.1, 0.15) is 5.82 Å². The SMILES string of the molecule is CC(C)(C)n1nc(-c2ccccc2)nc1[C@H]1CC[C@@H](N)[C@H](O)C1. The van der Waals surface area contributed by atoms with Gasteiger partial charge in [0, 0.05) is 17.5 Å². The Morgan fingerprint density at radius 1 is 1.17 bits per heavy atom. The van der Waals surface area contributed by atoms with Gasteiger partial charge in [-0.05, 0) is 40.0 Å². The van der Waals surface area contributed by atoms with Crippen LogP contribution >= 0.6 is 0 Å². The normalized spacial score (nSPS) is 25.5. The predicted octanol–water partition coefficient (Wildman–Crippen LogP) is 2.66. The van der Waals surface area contributed by atoms with E-state index in [0.29, 0.717) is 6.42 Å². The van der Waals surface area contributed by atoms with Crippen LogP contribution in [0.2, 0.25) is 0 Å². The Morgan fingerprint density at radius 2 is 1.87 bits per heavy atom. The average molecular weight is 314 g/mol. The summed E-state index contributed by atoms with van der Waals surface area (Å²) in [4.78, 5) is 4.83. The van der Waals surface area contributed by atoms with E-state index < -0.39 is 6.10 Å². The highest BCUT2D eigenvalue weighted by Crippen LogP contribution is 2.34. The van der Waals surface area contributed by atoms with Gasteiger partial charge in [0.05, 0.1) is 11.6 Å². The van der Waals surface area contributed by atoms with E-state index in [9.17, 15) is 5.11 Å². The first-order valence-electron chi connectivity index (χ1n) is 8.33. The molecule has 1 fully saturated rings. The van der Waals surface area contributed by atoms with Gasteiger partial charge in [-0.1, -0.05) is 30.3 Å².